The molecule has 0 aliphatic carbocycles. The van der Waals surface area contributed by atoms with Gasteiger partial charge in [-0.05, 0) is 55.0 Å². The summed E-state index contributed by atoms with van der Waals surface area (Å²) in [6, 6.07) is 18.1. The lowest BCUT2D eigenvalue weighted by Gasteiger charge is -2.37. The van der Waals surface area contributed by atoms with Gasteiger partial charge in [-0.25, -0.2) is 9.78 Å². The lowest BCUT2D eigenvalue weighted by Crippen LogP contribution is -2.48. The summed E-state index contributed by atoms with van der Waals surface area (Å²) in [5.41, 5.74) is 7.79. The van der Waals surface area contributed by atoms with E-state index in [-0.39, 0.29) is 29.6 Å². The van der Waals surface area contributed by atoms with E-state index in [1.54, 1.807) is 45.5 Å². The molecule has 2 atom stereocenters. The Morgan fingerprint density at radius 3 is 2.50 bits per heavy atom. The van der Waals surface area contributed by atoms with Gasteiger partial charge in [-0.3, -0.25) is 13.9 Å². The Morgan fingerprint density at radius 2 is 1.81 bits per heavy atom. The highest BCUT2D eigenvalue weighted by atomic mass is 16.5. The van der Waals surface area contributed by atoms with Gasteiger partial charge in [-0.15, -0.1) is 0 Å². The van der Waals surface area contributed by atoms with E-state index in [1.807, 2.05) is 42.5 Å². The van der Waals surface area contributed by atoms with Gasteiger partial charge in [-0.1, -0.05) is 24.8 Å². The number of nitrogens with zero attached hydrogens (tertiary/aromatic N) is 4. The van der Waals surface area contributed by atoms with E-state index in [9.17, 15) is 9.59 Å². The van der Waals surface area contributed by atoms with Crippen LogP contribution in [0.15, 0.2) is 84.3 Å². The molecule has 0 saturated carbocycles. The Kier molecular flexibility index (Phi) is 6.30. The number of amides is 1. The number of imidazole rings is 1. The molecule has 5 rings (SSSR count). The molecular formula is C27H27N5O4. The van der Waals surface area contributed by atoms with Gasteiger partial charge >= 0.3 is 5.69 Å². The molecule has 1 saturated heterocycles. The summed E-state index contributed by atoms with van der Waals surface area (Å²) in [6.07, 6.45) is 3.22. The first-order chi connectivity index (χ1) is 17.5. The van der Waals surface area contributed by atoms with E-state index in [2.05, 4.69) is 11.6 Å². The van der Waals surface area contributed by atoms with E-state index in [1.165, 1.54) is 6.08 Å². The van der Waals surface area contributed by atoms with Crippen LogP contribution in [0.5, 0.6) is 11.5 Å². The zero-order valence-electron chi connectivity index (χ0n) is 19.9. The topological polar surface area (TPSA) is 105 Å². The van der Waals surface area contributed by atoms with Crippen molar-refractivity contribution >= 4 is 22.8 Å². The molecule has 1 aliphatic heterocycles. The summed E-state index contributed by atoms with van der Waals surface area (Å²) in [6.45, 7) is 4.40. The summed E-state index contributed by atoms with van der Waals surface area (Å²) in [7, 11) is 1.61. The van der Waals surface area contributed by atoms with E-state index < -0.39 is 0 Å². The lowest BCUT2D eigenvalue weighted by molar-refractivity contribution is -0.130. The third-order valence-corrected chi connectivity index (χ3v) is 6.46. The van der Waals surface area contributed by atoms with E-state index in [4.69, 9.17) is 15.2 Å². The van der Waals surface area contributed by atoms with Gasteiger partial charge in [0.15, 0.2) is 0 Å². The fraction of sp³-hybridized carbons (Fsp3) is 0.222. The number of nitrogens with two attached hydrogens (primary N) is 1. The molecule has 0 spiro atoms. The quantitative estimate of drug-likeness (QED) is 0.419. The molecule has 184 valence electrons. The molecule has 9 heteroatoms. The summed E-state index contributed by atoms with van der Waals surface area (Å²) < 4.78 is 14.7. The Bertz CT molecular complexity index is 1460. The van der Waals surface area contributed by atoms with Crippen molar-refractivity contribution in [2.75, 3.05) is 25.9 Å². The minimum Gasteiger partial charge on any atom is -0.457 e. The summed E-state index contributed by atoms with van der Waals surface area (Å²) >= 11 is 0. The average Bonchev–Trinajstić information content (AvgIpc) is 3.21. The van der Waals surface area contributed by atoms with Gasteiger partial charge in [-0.2, -0.15) is 0 Å². The number of benzene rings is 2. The number of pyridine rings is 1. The van der Waals surface area contributed by atoms with Crippen molar-refractivity contribution in [3.8, 4) is 17.2 Å². The van der Waals surface area contributed by atoms with Crippen LogP contribution in [0.25, 0.3) is 16.7 Å². The number of ether oxygens (including phenoxy) is 2. The summed E-state index contributed by atoms with van der Waals surface area (Å²) in [5.74, 6) is 1.40. The third kappa shape index (κ3) is 4.25. The number of fused-ring (bicyclic) bond motifs is 1. The highest BCUT2D eigenvalue weighted by molar-refractivity contribution is 5.88. The van der Waals surface area contributed by atoms with Crippen LogP contribution in [0.1, 0.15) is 12.5 Å². The molecule has 0 unspecified atom stereocenters. The normalized spacial score (nSPS) is 17.8. The fourth-order valence-corrected chi connectivity index (χ4v) is 4.76. The smallest absolute Gasteiger partial charge is 0.334 e. The molecule has 3 heterocycles. The number of aromatic nitrogens is 3. The van der Waals surface area contributed by atoms with Crippen molar-refractivity contribution in [1.29, 1.82) is 0 Å². The van der Waals surface area contributed by atoms with Crippen LogP contribution in [-0.4, -0.2) is 51.2 Å². The monoisotopic (exact) mass is 485 g/mol. The standard InChI is InChI=1S/C27H27N5O4/c1-3-24(33)30-16-19(15-22(17-30)35-2)31-23-13-14-29-26(28)25(23)32(27(31)34)18-9-11-21(12-10-18)36-20-7-5-4-6-8-20/h3-14,19,22H,1,15-17H2,2H3,(H2,28,29)/t19-,22+/m0/s1. The van der Waals surface area contributed by atoms with E-state index >= 15 is 0 Å². The molecule has 4 aromatic rings. The zero-order valence-corrected chi connectivity index (χ0v) is 19.9. The Labute approximate surface area is 208 Å². The van der Waals surface area contributed by atoms with Gasteiger partial charge in [0, 0.05) is 26.4 Å². The van der Waals surface area contributed by atoms with Crippen LogP contribution < -0.4 is 16.2 Å². The SMILES string of the molecule is C=CC(=O)N1C[C@H](OC)C[C@H](n2c(=O)n(-c3ccc(Oc4ccccc4)cc3)c3c(N)nccc32)C1. The molecule has 36 heavy (non-hydrogen) atoms. The predicted molar refractivity (Wildman–Crippen MR) is 137 cm³/mol. The molecule has 1 fully saturated rings. The Morgan fingerprint density at radius 1 is 1.08 bits per heavy atom. The number of methoxy groups -OCH3 is 1. The average molecular weight is 486 g/mol. The lowest BCUT2D eigenvalue weighted by atomic mass is 10.0. The maximum atomic E-state index is 13.9. The second kappa shape index (κ2) is 9.71. The molecule has 1 aliphatic rings. The van der Waals surface area contributed by atoms with Crippen LogP contribution in [0.4, 0.5) is 5.82 Å². The zero-order chi connectivity index (χ0) is 25.2. The van der Waals surface area contributed by atoms with Gasteiger partial charge in [0.05, 0.1) is 23.3 Å². The van der Waals surface area contributed by atoms with Crippen molar-refractivity contribution in [3.63, 3.8) is 0 Å². The molecule has 0 bridgehead atoms. The highest BCUT2D eigenvalue weighted by Crippen LogP contribution is 2.30. The summed E-state index contributed by atoms with van der Waals surface area (Å²) in [4.78, 5) is 32.2. The van der Waals surface area contributed by atoms with Crippen LogP contribution in [-0.2, 0) is 9.53 Å². The number of rotatable bonds is 6. The number of para-hydroxylation sites is 1. The Balaban J connectivity index is 1.58. The number of hydrogen-bond donors (Lipinski definition) is 1. The maximum absolute atomic E-state index is 13.9. The van der Waals surface area contributed by atoms with Crippen LogP contribution in [0, 0.1) is 0 Å². The fourth-order valence-electron chi connectivity index (χ4n) is 4.76. The van der Waals surface area contributed by atoms with Crippen molar-refractivity contribution < 1.29 is 14.3 Å². The first kappa shape index (κ1) is 23.4. The first-order valence-corrected chi connectivity index (χ1v) is 11.6. The predicted octanol–water partition coefficient (Wildman–Crippen LogP) is 3.54. The van der Waals surface area contributed by atoms with Crippen molar-refractivity contribution in [2.24, 2.45) is 0 Å². The minimum atomic E-state index is -0.314. The largest absolute Gasteiger partial charge is 0.457 e. The molecule has 0 radical (unpaired) electrons. The number of likely N-dealkylation sites (tertiary alicyclic amines) is 1. The van der Waals surface area contributed by atoms with Crippen molar-refractivity contribution in [2.45, 2.75) is 18.6 Å². The van der Waals surface area contributed by atoms with Crippen LogP contribution in [0.3, 0.4) is 0 Å². The molecule has 2 aromatic carbocycles. The van der Waals surface area contributed by atoms with Crippen LogP contribution in [0.2, 0.25) is 0 Å². The third-order valence-electron chi connectivity index (χ3n) is 6.46. The van der Waals surface area contributed by atoms with Crippen LogP contribution >= 0.6 is 0 Å². The molecule has 9 nitrogen and oxygen atoms in total. The molecule has 2 aromatic heterocycles. The molecule has 2 N–H and O–H groups in total. The van der Waals surface area contributed by atoms with Gasteiger partial charge in [0.2, 0.25) is 5.91 Å². The second-order valence-electron chi connectivity index (χ2n) is 8.66. The van der Waals surface area contributed by atoms with Crippen molar-refractivity contribution in [3.05, 3.63) is 90.0 Å². The summed E-state index contributed by atoms with van der Waals surface area (Å²) in [5, 5.41) is 0. The first-order valence-electron chi connectivity index (χ1n) is 11.6. The number of nitrogen functional groups attached to an aromatic ring is 1. The highest BCUT2D eigenvalue weighted by Gasteiger charge is 2.33. The number of anilines is 1. The number of carbonyl (C=O) groups is 1. The second-order valence-corrected chi connectivity index (χ2v) is 8.66. The van der Waals surface area contributed by atoms with Gasteiger partial charge in [0.1, 0.15) is 22.8 Å². The Hall–Kier alpha value is -4.37. The number of hydrogen-bond acceptors (Lipinski definition) is 6. The van der Waals surface area contributed by atoms with E-state index in [0.717, 1.165) is 5.75 Å². The van der Waals surface area contributed by atoms with Gasteiger partial charge in [0.25, 0.3) is 0 Å². The number of piperidine rings is 1. The van der Waals surface area contributed by atoms with E-state index in [0.29, 0.717) is 42.0 Å². The molecular weight excluding hydrogens is 458 g/mol. The maximum Gasteiger partial charge on any atom is 0.334 e. The molecule has 1 amide bonds. The minimum absolute atomic E-state index is 0.200. The number of carbonyl (C=O) groups excluding carboxylic acids is 1. The van der Waals surface area contributed by atoms with Gasteiger partial charge < -0.3 is 20.1 Å². The van der Waals surface area contributed by atoms with Crippen molar-refractivity contribution in [1.82, 2.24) is 19.0 Å².